The molecule has 0 aromatic rings. The maximum Gasteiger partial charge on any atom is 0.271 e. The predicted octanol–water partition coefficient (Wildman–Crippen LogP) is 2.09. The Labute approximate surface area is 62.1 Å². The average molecular weight is 142 g/mol. The van der Waals surface area contributed by atoms with E-state index in [2.05, 4.69) is 19.7 Å². The molecule has 1 aliphatic rings. The van der Waals surface area contributed by atoms with Crippen molar-refractivity contribution in [2.45, 2.75) is 12.8 Å². The first-order valence-electron chi connectivity index (χ1n) is 3.34. The van der Waals surface area contributed by atoms with Crippen molar-refractivity contribution in [3.05, 3.63) is 25.7 Å². The lowest BCUT2D eigenvalue weighted by molar-refractivity contribution is 0.0640. The van der Waals surface area contributed by atoms with Crippen LogP contribution in [-0.4, -0.2) is 13.2 Å². The van der Waals surface area contributed by atoms with E-state index in [9.17, 15) is 0 Å². The molecule has 2 nitrogen and oxygen atoms in total. The Morgan fingerprint density at radius 1 is 1.00 bits per heavy atom. The van der Waals surface area contributed by atoms with Gasteiger partial charge in [-0.2, -0.15) is 0 Å². The van der Waals surface area contributed by atoms with E-state index in [0.717, 1.165) is 26.1 Å². The number of hydrogen-bond donors (Lipinski definition) is 0. The van der Waals surface area contributed by atoms with Crippen molar-refractivity contribution in [2.75, 3.05) is 13.2 Å². The molecule has 1 saturated heterocycles. The minimum absolute atomic E-state index is 0.475. The first kappa shape index (κ1) is 9.08. The molecule has 1 fully saturated rings. The minimum atomic E-state index is 0.475. The molecule has 0 aromatic carbocycles. The van der Waals surface area contributed by atoms with Crippen molar-refractivity contribution in [1.29, 1.82) is 0 Å². The van der Waals surface area contributed by atoms with Crippen LogP contribution in [0.2, 0.25) is 0 Å². The van der Waals surface area contributed by atoms with Crippen molar-refractivity contribution < 1.29 is 9.47 Å². The fourth-order valence-electron chi connectivity index (χ4n) is 0.618. The van der Waals surface area contributed by atoms with Gasteiger partial charge in [-0.3, -0.25) is 0 Å². The molecule has 1 rings (SSSR count). The number of rotatable bonds is 0. The molecule has 0 radical (unpaired) electrons. The van der Waals surface area contributed by atoms with Crippen LogP contribution >= 0.6 is 0 Å². The second kappa shape index (κ2) is 6.20. The maximum atomic E-state index is 4.99. The Hall–Kier alpha value is -0.920. The van der Waals surface area contributed by atoms with E-state index in [1.54, 1.807) is 0 Å². The molecule has 10 heavy (non-hydrogen) atoms. The molecule has 0 unspecified atom stereocenters. The second-order valence-electron chi connectivity index (χ2n) is 1.78. The van der Waals surface area contributed by atoms with Crippen molar-refractivity contribution in [2.24, 2.45) is 0 Å². The molecule has 0 amide bonds. The van der Waals surface area contributed by atoms with Gasteiger partial charge in [0.1, 0.15) is 0 Å². The van der Waals surface area contributed by atoms with Crippen LogP contribution in [0.4, 0.5) is 0 Å². The van der Waals surface area contributed by atoms with Gasteiger partial charge in [-0.05, 0) is 19.4 Å². The highest BCUT2D eigenvalue weighted by Crippen LogP contribution is 2.05. The molecular weight excluding hydrogens is 128 g/mol. The molecular formula is C8H14O2. The summed E-state index contributed by atoms with van der Waals surface area (Å²) in [6, 6.07) is 0. The van der Waals surface area contributed by atoms with Gasteiger partial charge < -0.3 is 9.47 Å². The molecule has 0 aliphatic carbocycles. The van der Waals surface area contributed by atoms with Crippen molar-refractivity contribution in [3.63, 3.8) is 0 Å². The molecule has 0 spiro atoms. The smallest absolute Gasteiger partial charge is 0.271 e. The molecule has 0 N–H and O–H groups in total. The summed E-state index contributed by atoms with van der Waals surface area (Å²) in [6.07, 6.45) is 2.16. The van der Waals surface area contributed by atoms with Crippen LogP contribution in [0, 0.1) is 0 Å². The van der Waals surface area contributed by atoms with E-state index in [4.69, 9.17) is 9.47 Å². The standard InChI is InChI=1S/C6H10O2.C2H4/c1-6-7-4-2-3-5-8-6;1-2/h1-5H2;1-2H2. The summed E-state index contributed by atoms with van der Waals surface area (Å²) in [5.74, 6) is 0.475. The molecule has 1 heterocycles. The lowest BCUT2D eigenvalue weighted by atomic mass is 10.3. The van der Waals surface area contributed by atoms with Crippen LogP contribution in [-0.2, 0) is 9.47 Å². The van der Waals surface area contributed by atoms with Gasteiger partial charge in [0.05, 0.1) is 13.2 Å². The summed E-state index contributed by atoms with van der Waals surface area (Å²) in [6.45, 7) is 11.1. The van der Waals surface area contributed by atoms with Gasteiger partial charge in [0.15, 0.2) is 0 Å². The fourth-order valence-corrected chi connectivity index (χ4v) is 0.618. The van der Waals surface area contributed by atoms with E-state index in [1.165, 1.54) is 0 Å². The molecule has 58 valence electrons. The van der Waals surface area contributed by atoms with Crippen LogP contribution in [0.5, 0.6) is 0 Å². The van der Waals surface area contributed by atoms with E-state index in [-0.39, 0.29) is 0 Å². The molecule has 0 saturated carbocycles. The lowest BCUT2D eigenvalue weighted by Crippen LogP contribution is -1.90. The van der Waals surface area contributed by atoms with Gasteiger partial charge in [-0.25, -0.2) is 0 Å². The van der Waals surface area contributed by atoms with Crippen molar-refractivity contribution in [1.82, 2.24) is 0 Å². The van der Waals surface area contributed by atoms with Gasteiger partial charge in [-0.15, -0.1) is 13.2 Å². The zero-order valence-corrected chi connectivity index (χ0v) is 6.27. The second-order valence-corrected chi connectivity index (χ2v) is 1.78. The Kier molecular flexibility index (Phi) is 5.63. The monoisotopic (exact) mass is 142 g/mol. The maximum absolute atomic E-state index is 4.99. The minimum Gasteiger partial charge on any atom is -0.466 e. The van der Waals surface area contributed by atoms with Gasteiger partial charge in [0.2, 0.25) is 0 Å². The summed E-state index contributed by atoms with van der Waals surface area (Å²) in [7, 11) is 0. The highest BCUT2D eigenvalue weighted by atomic mass is 16.7. The predicted molar refractivity (Wildman–Crippen MR) is 41.5 cm³/mol. The normalized spacial score (nSPS) is 17.0. The zero-order chi connectivity index (χ0) is 7.82. The van der Waals surface area contributed by atoms with Gasteiger partial charge in [-0.1, -0.05) is 0 Å². The largest absolute Gasteiger partial charge is 0.466 e. The Bertz CT molecular complexity index is 89.4. The van der Waals surface area contributed by atoms with Gasteiger partial charge >= 0.3 is 0 Å². The van der Waals surface area contributed by atoms with E-state index >= 15 is 0 Å². The van der Waals surface area contributed by atoms with Crippen LogP contribution in [0.3, 0.4) is 0 Å². The molecule has 0 aromatic heterocycles. The Morgan fingerprint density at radius 3 is 1.80 bits per heavy atom. The van der Waals surface area contributed by atoms with Gasteiger partial charge in [0, 0.05) is 0 Å². The zero-order valence-electron chi connectivity index (χ0n) is 6.27. The molecule has 2 heteroatoms. The van der Waals surface area contributed by atoms with Crippen LogP contribution in [0.15, 0.2) is 25.7 Å². The molecule has 0 bridgehead atoms. The van der Waals surface area contributed by atoms with Crippen LogP contribution < -0.4 is 0 Å². The third-order valence-corrected chi connectivity index (χ3v) is 1.06. The number of hydrogen-bond acceptors (Lipinski definition) is 2. The topological polar surface area (TPSA) is 18.5 Å². The van der Waals surface area contributed by atoms with E-state index < -0.39 is 0 Å². The highest BCUT2D eigenvalue weighted by Gasteiger charge is 2.00. The summed E-state index contributed by atoms with van der Waals surface area (Å²) in [5.41, 5.74) is 0. The van der Waals surface area contributed by atoms with Gasteiger partial charge in [0.25, 0.3) is 5.95 Å². The summed E-state index contributed by atoms with van der Waals surface area (Å²) in [5, 5.41) is 0. The fraction of sp³-hybridized carbons (Fsp3) is 0.500. The lowest BCUT2D eigenvalue weighted by Gasteiger charge is -2.01. The van der Waals surface area contributed by atoms with E-state index in [0.29, 0.717) is 5.95 Å². The van der Waals surface area contributed by atoms with Crippen molar-refractivity contribution >= 4 is 0 Å². The van der Waals surface area contributed by atoms with Crippen LogP contribution in [0.1, 0.15) is 12.8 Å². The molecule has 0 atom stereocenters. The van der Waals surface area contributed by atoms with Crippen LogP contribution in [0.25, 0.3) is 0 Å². The summed E-state index contributed by atoms with van der Waals surface area (Å²) < 4.78 is 9.97. The SMILES string of the molecule is C=C.C=C1OCCCCO1. The first-order valence-corrected chi connectivity index (χ1v) is 3.34. The Balaban J connectivity index is 0.000000371. The highest BCUT2D eigenvalue weighted by molar-refractivity contribution is 4.69. The summed E-state index contributed by atoms with van der Waals surface area (Å²) in [4.78, 5) is 0. The van der Waals surface area contributed by atoms with E-state index in [1.807, 2.05) is 0 Å². The average Bonchev–Trinajstić information content (AvgIpc) is 2.21. The number of ether oxygens (including phenoxy) is 2. The third kappa shape index (κ3) is 4.01. The molecule has 1 aliphatic heterocycles. The van der Waals surface area contributed by atoms with Crippen molar-refractivity contribution in [3.8, 4) is 0 Å². The first-order chi connectivity index (χ1) is 4.89. The quantitative estimate of drug-likeness (QED) is 0.482. The third-order valence-electron chi connectivity index (χ3n) is 1.06. The summed E-state index contributed by atoms with van der Waals surface area (Å²) >= 11 is 0. The Morgan fingerprint density at radius 2 is 1.40 bits per heavy atom.